The van der Waals surface area contributed by atoms with E-state index in [0.29, 0.717) is 6.54 Å². The highest BCUT2D eigenvalue weighted by Gasteiger charge is 2.30. The van der Waals surface area contributed by atoms with Crippen LogP contribution >= 0.6 is 11.3 Å². The number of urea groups is 1. The van der Waals surface area contributed by atoms with E-state index in [2.05, 4.69) is 17.4 Å². The number of carbonyl (C=O) groups is 1. The van der Waals surface area contributed by atoms with Gasteiger partial charge in [0.25, 0.3) is 0 Å². The van der Waals surface area contributed by atoms with Crippen molar-refractivity contribution in [1.29, 1.82) is 0 Å². The monoisotopic (exact) mass is 330 g/mol. The molecule has 2 aromatic rings. The van der Waals surface area contributed by atoms with E-state index in [1.54, 1.807) is 16.2 Å². The Labute approximate surface area is 140 Å². The summed E-state index contributed by atoms with van der Waals surface area (Å²) in [7, 11) is 0. The van der Waals surface area contributed by atoms with Crippen LogP contribution in [0.4, 0.5) is 4.79 Å². The van der Waals surface area contributed by atoms with Gasteiger partial charge in [-0.25, -0.2) is 4.79 Å². The minimum Gasteiger partial charge on any atom is -0.394 e. The molecule has 1 aliphatic heterocycles. The van der Waals surface area contributed by atoms with Crippen LogP contribution < -0.4 is 5.32 Å². The number of aliphatic hydroxyl groups is 1. The summed E-state index contributed by atoms with van der Waals surface area (Å²) < 4.78 is 0. The molecule has 2 unspecified atom stereocenters. The number of thiophene rings is 1. The topological polar surface area (TPSA) is 52.6 Å². The second-order valence-corrected chi connectivity index (χ2v) is 7.01. The molecule has 0 aliphatic carbocycles. The quantitative estimate of drug-likeness (QED) is 0.905. The van der Waals surface area contributed by atoms with Crippen LogP contribution in [0.15, 0.2) is 41.8 Å². The van der Waals surface area contributed by atoms with Crippen molar-refractivity contribution in [3.8, 4) is 0 Å². The molecule has 0 saturated heterocycles. The molecule has 0 spiro atoms. The van der Waals surface area contributed by atoms with E-state index in [0.717, 1.165) is 18.4 Å². The molecule has 2 atom stereocenters. The smallest absolute Gasteiger partial charge is 0.318 e. The third-order valence-electron chi connectivity index (χ3n) is 4.30. The predicted octanol–water partition coefficient (Wildman–Crippen LogP) is 2.98. The Bertz CT molecular complexity index is 657. The summed E-state index contributed by atoms with van der Waals surface area (Å²) in [6.07, 6.45) is 1.66. The zero-order valence-electron chi connectivity index (χ0n) is 13.2. The highest BCUT2D eigenvalue weighted by atomic mass is 32.1. The summed E-state index contributed by atoms with van der Waals surface area (Å²) in [6, 6.07) is 11.9. The SMILES string of the molecule is CC(Cc1cccs1)NC(=O)N1CCc2ccccc2C1CO. The molecule has 1 aromatic heterocycles. The number of nitrogens with zero attached hydrogens (tertiary/aromatic N) is 1. The van der Waals surface area contributed by atoms with Crippen LogP contribution in [0.3, 0.4) is 0 Å². The average Bonchev–Trinajstić information content (AvgIpc) is 3.06. The van der Waals surface area contributed by atoms with Gasteiger partial charge in [-0.05, 0) is 35.9 Å². The summed E-state index contributed by atoms with van der Waals surface area (Å²) in [5.41, 5.74) is 2.28. The van der Waals surface area contributed by atoms with Crippen LogP contribution in [0.25, 0.3) is 0 Å². The van der Waals surface area contributed by atoms with Gasteiger partial charge in [0.15, 0.2) is 0 Å². The van der Waals surface area contributed by atoms with Gasteiger partial charge in [0.2, 0.25) is 0 Å². The number of amides is 2. The zero-order chi connectivity index (χ0) is 16.2. The predicted molar refractivity (Wildman–Crippen MR) is 92.7 cm³/mol. The minimum atomic E-state index is -0.256. The largest absolute Gasteiger partial charge is 0.394 e. The van der Waals surface area contributed by atoms with Crippen LogP contribution in [0, 0.1) is 0 Å². The summed E-state index contributed by atoms with van der Waals surface area (Å²) in [5.74, 6) is 0. The fourth-order valence-corrected chi connectivity index (χ4v) is 4.00. The lowest BCUT2D eigenvalue weighted by Crippen LogP contribution is -2.49. The molecule has 2 N–H and O–H groups in total. The van der Waals surface area contributed by atoms with Gasteiger partial charge in [0.05, 0.1) is 12.6 Å². The van der Waals surface area contributed by atoms with E-state index in [4.69, 9.17) is 0 Å². The molecule has 122 valence electrons. The molecule has 2 heterocycles. The summed E-state index contributed by atoms with van der Waals surface area (Å²) in [4.78, 5) is 15.6. The van der Waals surface area contributed by atoms with Crippen molar-refractivity contribution in [3.05, 3.63) is 57.8 Å². The molecule has 23 heavy (non-hydrogen) atoms. The molecule has 5 heteroatoms. The molecule has 3 rings (SSSR count). The van der Waals surface area contributed by atoms with E-state index < -0.39 is 0 Å². The van der Waals surface area contributed by atoms with Crippen molar-refractivity contribution in [1.82, 2.24) is 10.2 Å². The van der Waals surface area contributed by atoms with E-state index in [1.807, 2.05) is 36.6 Å². The number of carbonyl (C=O) groups excluding carboxylic acids is 1. The van der Waals surface area contributed by atoms with Crippen molar-refractivity contribution in [2.45, 2.75) is 31.8 Å². The second kappa shape index (κ2) is 7.15. The maximum absolute atomic E-state index is 12.6. The molecule has 1 aromatic carbocycles. The maximum Gasteiger partial charge on any atom is 0.318 e. The molecule has 0 saturated carbocycles. The van der Waals surface area contributed by atoms with E-state index in [1.165, 1.54) is 10.4 Å². The first-order valence-corrected chi connectivity index (χ1v) is 8.85. The van der Waals surface area contributed by atoms with Crippen LogP contribution in [-0.4, -0.2) is 35.2 Å². The van der Waals surface area contributed by atoms with Crippen LogP contribution in [0.5, 0.6) is 0 Å². The van der Waals surface area contributed by atoms with E-state index >= 15 is 0 Å². The molecule has 4 nitrogen and oxygen atoms in total. The zero-order valence-corrected chi connectivity index (χ0v) is 14.1. The minimum absolute atomic E-state index is 0.0518. The van der Waals surface area contributed by atoms with Crippen LogP contribution in [-0.2, 0) is 12.8 Å². The standard InChI is InChI=1S/C18H22N2O2S/c1-13(11-15-6-4-10-23-15)19-18(22)20-9-8-14-5-2-3-7-16(14)17(20)12-21/h2-7,10,13,17,21H,8-9,11-12H2,1H3,(H,19,22). The number of benzene rings is 1. The fourth-order valence-electron chi connectivity index (χ4n) is 3.17. The lowest BCUT2D eigenvalue weighted by Gasteiger charge is -2.37. The Morgan fingerprint density at radius 2 is 2.22 bits per heavy atom. The summed E-state index contributed by atoms with van der Waals surface area (Å²) >= 11 is 1.70. The Morgan fingerprint density at radius 3 is 2.96 bits per heavy atom. The lowest BCUT2D eigenvalue weighted by molar-refractivity contribution is 0.125. The van der Waals surface area contributed by atoms with Gasteiger partial charge >= 0.3 is 6.03 Å². The van der Waals surface area contributed by atoms with Gasteiger partial charge in [-0.2, -0.15) is 0 Å². The average molecular weight is 330 g/mol. The van der Waals surface area contributed by atoms with Gasteiger partial charge in [-0.1, -0.05) is 30.3 Å². The number of hydrogen-bond donors (Lipinski definition) is 2. The maximum atomic E-state index is 12.6. The molecule has 2 amide bonds. The van der Waals surface area contributed by atoms with Crippen LogP contribution in [0.1, 0.15) is 29.0 Å². The van der Waals surface area contributed by atoms with Gasteiger partial charge in [0.1, 0.15) is 0 Å². The number of fused-ring (bicyclic) bond motifs is 1. The number of aliphatic hydroxyl groups excluding tert-OH is 1. The summed E-state index contributed by atoms with van der Waals surface area (Å²) in [5, 5.41) is 14.9. The fraction of sp³-hybridized carbons (Fsp3) is 0.389. The number of rotatable bonds is 4. The first-order chi connectivity index (χ1) is 11.2. The Kier molecular flexibility index (Phi) is 4.98. The molecule has 0 fully saturated rings. The first kappa shape index (κ1) is 16.0. The Morgan fingerprint density at radius 1 is 1.39 bits per heavy atom. The molecule has 0 bridgehead atoms. The third kappa shape index (κ3) is 3.57. The van der Waals surface area contributed by atoms with E-state index in [-0.39, 0.29) is 24.7 Å². The number of hydrogen-bond acceptors (Lipinski definition) is 3. The lowest BCUT2D eigenvalue weighted by atomic mass is 9.93. The van der Waals surface area contributed by atoms with E-state index in [9.17, 15) is 9.90 Å². The normalized spacial score (nSPS) is 18.3. The third-order valence-corrected chi connectivity index (χ3v) is 5.20. The second-order valence-electron chi connectivity index (χ2n) is 5.97. The highest BCUT2D eigenvalue weighted by Crippen LogP contribution is 2.29. The highest BCUT2D eigenvalue weighted by molar-refractivity contribution is 7.09. The van der Waals surface area contributed by atoms with Crippen molar-refractivity contribution in [2.24, 2.45) is 0 Å². The van der Waals surface area contributed by atoms with Crippen molar-refractivity contribution >= 4 is 17.4 Å². The Balaban J connectivity index is 1.67. The van der Waals surface area contributed by atoms with Gasteiger partial charge in [0, 0.05) is 23.9 Å². The van der Waals surface area contributed by atoms with Gasteiger partial charge in [-0.3, -0.25) is 0 Å². The molecular weight excluding hydrogens is 308 g/mol. The van der Waals surface area contributed by atoms with Crippen molar-refractivity contribution in [2.75, 3.05) is 13.2 Å². The molecular formula is C18H22N2O2S. The van der Waals surface area contributed by atoms with Crippen molar-refractivity contribution in [3.63, 3.8) is 0 Å². The molecule has 0 radical (unpaired) electrons. The Hall–Kier alpha value is -1.85. The number of nitrogens with one attached hydrogen (secondary N) is 1. The van der Waals surface area contributed by atoms with Gasteiger partial charge < -0.3 is 15.3 Å². The van der Waals surface area contributed by atoms with Crippen LogP contribution in [0.2, 0.25) is 0 Å². The molecule has 1 aliphatic rings. The first-order valence-electron chi connectivity index (χ1n) is 7.97. The van der Waals surface area contributed by atoms with Gasteiger partial charge in [-0.15, -0.1) is 11.3 Å². The summed E-state index contributed by atoms with van der Waals surface area (Å²) in [6.45, 7) is 2.60. The van der Waals surface area contributed by atoms with Crippen molar-refractivity contribution < 1.29 is 9.90 Å².